The molecule has 12 heavy (non-hydrogen) atoms. The summed E-state index contributed by atoms with van der Waals surface area (Å²) in [5.41, 5.74) is 0. The fourth-order valence-electron chi connectivity index (χ4n) is 0.631. The summed E-state index contributed by atoms with van der Waals surface area (Å²) >= 11 is 0. The van der Waals surface area contributed by atoms with Gasteiger partial charge < -0.3 is 14.7 Å². The Morgan fingerprint density at radius 3 is 2.08 bits per heavy atom. The molecule has 1 heterocycles. The van der Waals surface area contributed by atoms with E-state index in [2.05, 4.69) is 9.39 Å². The molecule has 1 saturated heterocycles. The molecule has 2 unspecified atom stereocenters. The van der Waals surface area contributed by atoms with Crippen molar-refractivity contribution >= 4 is 58.7 Å². The van der Waals surface area contributed by atoms with Crippen LogP contribution in [0.5, 0.6) is 0 Å². The van der Waals surface area contributed by atoms with Gasteiger partial charge in [0.15, 0.2) is 6.10 Å². The van der Waals surface area contributed by atoms with Crippen LogP contribution in [0.3, 0.4) is 0 Å². The molecular weight excluding hydrogens is 207 g/mol. The minimum atomic E-state index is -3.77. The van der Waals surface area contributed by atoms with Crippen molar-refractivity contribution in [2.24, 2.45) is 0 Å². The number of alkyl halides is 3. The zero-order valence-electron chi connectivity index (χ0n) is 5.08. The van der Waals surface area contributed by atoms with E-state index in [9.17, 15) is 13.2 Å². The van der Waals surface area contributed by atoms with Crippen molar-refractivity contribution in [3.05, 3.63) is 0 Å². The number of hydrogen-bond acceptors (Lipinski definition) is 4. The second-order valence-electron chi connectivity index (χ2n) is 1.91. The molecule has 0 spiro atoms. The number of rotatable bonds is 2. The molecule has 0 aromatic carbocycles. The van der Waals surface area contributed by atoms with E-state index in [1.54, 1.807) is 0 Å². The molecular formula is C3H5BF3KO4. The molecule has 1 rings (SSSR count). The standard InChI is InChI=1S/C3H4BF3O4.K.H/c5-2-1(11-4(8)9)3(6,7)10-2;;/h1-2,8-9H;;. The van der Waals surface area contributed by atoms with Crippen molar-refractivity contribution in [2.45, 2.75) is 18.6 Å². The first-order chi connectivity index (χ1) is 4.93. The molecule has 2 N–H and O–H groups in total. The van der Waals surface area contributed by atoms with Crippen LogP contribution >= 0.6 is 0 Å². The monoisotopic (exact) mass is 212 g/mol. The second kappa shape index (κ2) is 4.71. The average Bonchev–Trinajstić information content (AvgIpc) is 1.82. The molecule has 2 atom stereocenters. The molecule has 0 radical (unpaired) electrons. The molecule has 4 nitrogen and oxygen atoms in total. The van der Waals surface area contributed by atoms with E-state index in [4.69, 9.17) is 10.0 Å². The molecule has 66 valence electrons. The molecule has 0 aromatic rings. The Balaban J connectivity index is 0.00000121. The van der Waals surface area contributed by atoms with Crippen LogP contribution < -0.4 is 0 Å². The summed E-state index contributed by atoms with van der Waals surface area (Å²) in [5.74, 6) is 0. The molecule has 9 heteroatoms. The van der Waals surface area contributed by atoms with Gasteiger partial charge in [0.1, 0.15) is 0 Å². The Morgan fingerprint density at radius 1 is 1.42 bits per heavy atom. The predicted molar refractivity (Wildman–Crippen MR) is 33.1 cm³/mol. The zero-order valence-corrected chi connectivity index (χ0v) is 5.08. The maximum atomic E-state index is 12.0. The summed E-state index contributed by atoms with van der Waals surface area (Å²) in [6.45, 7) is 0. The Labute approximate surface area is 109 Å². The fraction of sp³-hybridized carbons (Fsp3) is 1.00. The van der Waals surface area contributed by atoms with E-state index in [1.165, 1.54) is 0 Å². The molecule has 0 saturated carbocycles. The summed E-state index contributed by atoms with van der Waals surface area (Å²) in [4.78, 5) is 0. The summed E-state index contributed by atoms with van der Waals surface area (Å²) in [5, 5.41) is 16.0. The van der Waals surface area contributed by atoms with Gasteiger partial charge in [-0.05, 0) is 0 Å². The second-order valence-corrected chi connectivity index (χ2v) is 1.91. The van der Waals surface area contributed by atoms with E-state index >= 15 is 0 Å². The van der Waals surface area contributed by atoms with Crippen LogP contribution in [0.1, 0.15) is 0 Å². The van der Waals surface area contributed by atoms with Crippen LogP contribution in [0.15, 0.2) is 0 Å². The average molecular weight is 212 g/mol. The van der Waals surface area contributed by atoms with Crippen LogP contribution in [-0.4, -0.2) is 87.3 Å². The van der Waals surface area contributed by atoms with Crippen molar-refractivity contribution in [1.82, 2.24) is 0 Å². The van der Waals surface area contributed by atoms with Crippen molar-refractivity contribution in [1.29, 1.82) is 0 Å². The first-order valence-corrected chi connectivity index (χ1v) is 2.65. The molecule has 0 aromatic heterocycles. The molecule has 0 bridgehead atoms. The summed E-state index contributed by atoms with van der Waals surface area (Å²) < 4.78 is 43.0. The van der Waals surface area contributed by atoms with Gasteiger partial charge in [-0.15, -0.1) is 0 Å². The Bertz CT molecular complexity index is 158. The maximum absolute atomic E-state index is 12.0. The Hall–Kier alpha value is 1.33. The normalized spacial score (nSPS) is 31.8. The minimum absolute atomic E-state index is 0. The van der Waals surface area contributed by atoms with Gasteiger partial charge in [-0.25, -0.2) is 4.39 Å². The van der Waals surface area contributed by atoms with Crippen LogP contribution in [0.4, 0.5) is 13.2 Å². The molecule has 1 aliphatic rings. The number of halogens is 3. The summed E-state index contributed by atoms with van der Waals surface area (Å²) in [7, 11) is -2.42. The van der Waals surface area contributed by atoms with E-state index in [1.807, 2.05) is 0 Å². The Morgan fingerprint density at radius 2 is 1.92 bits per heavy atom. The van der Waals surface area contributed by atoms with Crippen LogP contribution in [0, 0.1) is 0 Å². The topological polar surface area (TPSA) is 58.9 Å². The summed E-state index contributed by atoms with van der Waals surface area (Å²) in [6, 6.07) is 0. The number of hydrogen-bond donors (Lipinski definition) is 2. The quantitative estimate of drug-likeness (QED) is 0.553. The van der Waals surface area contributed by atoms with Gasteiger partial charge in [0.2, 0.25) is 6.36 Å². The summed E-state index contributed by atoms with van der Waals surface area (Å²) in [6.07, 6.45) is -8.32. The third-order valence-electron chi connectivity index (χ3n) is 1.11. The van der Waals surface area contributed by atoms with Gasteiger partial charge in [0, 0.05) is 0 Å². The molecule has 0 aliphatic carbocycles. The van der Waals surface area contributed by atoms with Gasteiger partial charge in [0.25, 0.3) is 0 Å². The first kappa shape index (κ1) is 13.3. The molecule has 0 amide bonds. The van der Waals surface area contributed by atoms with Crippen molar-refractivity contribution in [2.75, 3.05) is 0 Å². The fourth-order valence-corrected chi connectivity index (χ4v) is 0.631. The van der Waals surface area contributed by atoms with E-state index in [0.29, 0.717) is 0 Å². The van der Waals surface area contributed by atoms with Crippen molar-refractivity contribution in [3.63, 3.8) is 0 Å². The third kappa shape index (κ3) is 2.93. The molecule has 1 fully saturated rings. The van der Waals surface area contributed by atoms with Gasteiger partial charge in [0.05, 0.1) is 0 Å². The van der Waals surface area contributed by atoms with Gasteiger partial charge in [-0.3, -0.25) is 4.74 Å². The SMILES string of the molecule is OB(O)OC1C(F)OC1(F)F.[KH]. The van der Waals surface area contributed by atoms with E-state index in [0.717, 1.165) is 0 Å². The molecule has 1 aliphatic heterocycles. The van der Waals surface area contributed by atoms with Crippen molar-refractivity contribution < 1.29 is 32.6 Å². The first-order valence-electron chi connectivity index (χ1n) is 2.65. The third-order valence-corrected chi connectivity index (χ3v) is 1.11. The van der Waals surface area contributed by atoms with Crippen molar-refractivity contribution in [3.8, 4) is 0 Å². The van der Waals surface area contributed by atoms with E-state index in [-0.39, 0.29) is 51.4 Å². The van der Waals surface area contributed by atoms with E-state index < -0.39 is 25.9 Å². The predicted octanol–water partition coefficient (Wildman–Crippen LogP) is -1.39. The van der Waals surface area contributed by atoms with Gasteiger partial charge in [-0.2, -0.15) is 8.78 Å². The number of ether oxygens (including phenoxy) is 1. The van der Waals surface area contributed by atoms with Crippen LogP contribution in [0.25, 0.3) is 0 Å². The van der Waals surface area contributed by atoms with Crippen LogP contribution in [0.2, 0.25) is 0 Å². The van der Waals surface area contributed by atoms with Gasteiger partial charge in [-0.1, -0.05) is 0 Å². The van der Waals surface area contributed by atoms with Crippen LogP contribution in [-0.2, 0) is 9.39 Å². The zero-order chi connectivity index (χ0) is 8.65. The van der Waals surface area contributed by atoms with Gasteiger partial charge >= 0.3 is 64.8 Å². The Kier molecular flexibility index (Phi) is 5.23.